The van der Waals surface area contributed by atoms with E-state index in [-0.39, 0.29) is 17.3 Å². The molecule has 2 amide bonds. The van der Waals surface area contributed by atoms with Crippen LogP contribution in [0, 0.1) is 0 Å². The number of fused-ring (bicyclic) bond motifs is 1. The Morgan fingerprint density at radius 1 is 1.12 bits per heavy atom. The number of carbonyl (C=O) groups is 2. The number of carbonyl (C=O) groups excluding carboxylic acids is 2. The van der Waals surface area contributed by atoms with E-state index in [1.54, 1.807) is 70.1 Å². The van der Waals surface area contributed by atoms with Gasteiger partial charge in [0.1, 0.15) is 12.3 Å². The second-order valence-corrected chi connectivity index (χ2v) is 9.80. The monoisotopic (exact) mass is 474 g/mol. The molecule has 0 saturated carbocycles. The maximum absolute atomic E-state index is 13.0. The van der Waals surface area contributed by atoms with Crippen LogP contribution in [0.4, 0.5) is 17.1 Å². The first-order chi connectivity index (χ1) is 15.6. The summed E-state index contributed by atoms with van der Waals surface area (Å²) in [5.74, 6) is -0.249. The maximum atomic E-state index is 13.0. The third-order valence-corrected chi connectivity index (χ3v) is 7.49. The normalized spacial score (nSPS) is 15.8. The average molecular weight is 475 g/mol. The van der Waals surface area contributed by atoms with E-state index in [9.17, 15) is 18.0 Å². The molecule has 33 heavy (non-hydrogen) atoms. The third kappa shape index (κ3) is 4.96. The van der Waals surface area contributed by atoms with Gasteiger partial charge in [-0.1, -0.05) is 26.0 Å². The van der Waals surface area contributed by atoms with E-state index >= 15 is 0 Å². The van der Waals surface area contributed by atoms with Crippen LogP contribution in [0.15, 0.2) is 47.4 Å². The predicted molar refractivity (Wildman–Crippen MR) is 128 cm³/mol. The number of ether oxygens (including phenoxy) is 1. The van der Waals surface area contributed by atoms with Gasteiger partial charge in [0.2, 0.25) is 15.9 Å². The summed E-state index contributed by atoms with van der Waals surface area (Å²) >= 11 is 0. The molecule has 1 N–H and O–H groups in total. The van der Waals surface area contributed by atoms with E-state index in [1.807, 2.05) is 0 Å². The highest BCUT2D eigenvalue weighted by Crippen LogP contribution is 2.34. The minimum atomic E-state index is -3.70. The van der Waals surface area contributed by atoms with E-state index in [0.717, 1.165) is 0 Å². The van der Waals surface area contributed by atoms with Crippen molar-refractivity contribution in [2.24, 2.45) is 0 Å². The van der Waals surface area contributed by atoms with Gasteiger partial charge in [0.25, 0.3) is 5.91 Å². The van der Waals surface area contributed by atoms with Crippen LogP contribution in [0.1, 0.15) is 20.8 Å². The fraction of sp³-hybridized carbons (Fsp3) is 0.391. The Kier molecular flexibility index (Phi) is 7.28. The molecule has 0 spiro atoms. The molecule has 3 rings (SSSR count). The van der Waals surface area contributed by atoms with Gasteiger partial charge in [-0.2, -0.15) is 4.31 Å². The van der Waals surface area contributed by atoms with Crippen LogP contribution in [0.3, 0.4) is 0 Å². The number of nitrogens with zero attached hydrogens (tertiary/aromatic N) is 3. The number of hydrogen-bond donors (Lipinski definition) is 1. The van der Waals surface area contributed by atoms with E-state index in [1.165, 1.54) is 21.3 Å². The van der Waals surface area contributed by atoms with Gasteiger partial charge < -0.3 is 15.0 Å². The lowest BCUT2D eigenvalue weighted by Gasteiger charge is -2.32. The summed E-state index contributed by atoms with van der Waals surface area (Å²) < 4.78 is 32.9. The standard InChI is InChI=1S/C23H30N4O5S/c1-6-26(7-2)33(30,31)17-12-13-19(25(4)5)18(14-17)24-22(28)15-27-20-10-8-9-11-21(20)32-16(3)23(27)29/h8-14,16H,6-7,15H2,1-5H3,(H,24,28). The van der Waals surface area contributed by atoms with Gasteiger partial charge in [0.05, 0.1) is 22.0 Å². The van der Waals surface area contributed by atoms with Crippen molar-refractivity contribution in [2.45, 2.75) is 31.8 Å². The molecule has 1 unspecified atom stereocenters. The minimum Gasteiger partial charge on any atom is -0.479 e. The largest absolute Gasteiger partial charge is 0.479 e. The Hall–Kier alpha value is -3.11. The van der Waals surface area contributed by atoms with Crippen molar-refractivity contribution in [3.05, 3.63) is 42.5 Å². The molecule has 0 aromatic heterocycles. The molecule has 2 aromatic rings. The van der Waals surface area contributed by atoms with Crippen molar-refractivity contribution in [3.63, 3.8) is 0 Å². The molecule has 0 saturated heterocycles. The van der Waals surface area contributed by atoms with Gasteiger partial charge in [-0.25, -0.2) is 8.42 Å². The van der Waals surface area contributed by atoms with Crippen LogP contribution in [0.25, 0.3) is 0 Å². The number of rotatable bonds is 8. The average Bonchev–Trinajstić information content (AvgIpc) is 2.77. The van der Waals surface area contributed by atoms with E-state index in [4.69, 9.17) is 4.74 Å². The first-order valence-corrected chi connectivity index (χ1v) is 12.2. The van der Waals surface area contributed by atoms with Crippen LogP contribution in [0.5, 0.6) is 5.75 Å². The van der Waals surface area contributed by atoms with Crippen molar-refractivity contribution >= 4 is 38.9 Å². The van der Waals surface area contributed by atoms with Crippen molar-refractivity contribution in [2.75, 3.05) is 48.8 Å². The summed E-state index contributed by atoms with van der Waals surface area (Å²) in [6, 6.07) is 11.7. The lowest BCUT2D eigenvalue weighted by molar-refractivity contribution is -0.127. The zero-order chi connectivity index (χ0) is 24.3. The van der Waals surface area contributed by atoms with Gasteiger partial charge >= 0.3 is 0 Å². The first-order valence-electron chi connectivity index (χ1n) is 10.8. The number of amides is 2. The van der Waals surface area contributed by atoms with Crippen molar-refractivity contribution < 1.29 is 22.7 Å². The van der Waals surface area contributed by atoms with Gasteiger partial charge in [-0.05, 0) is 37.3 Å². The number of hydrogen-bond acceptors (Lipinski definition) is 6. The smallest absolute Gasteiger partial charge is 0.268 e. The van der Waals surface area contributed by atoms with Gasteiger partial charge in [0.15, 0.2) is 6.10 Å². The minimum absolute atomic E-state index is 0.0912. The molecule has 1 aliphatic heterocycles. The molecule has 1 heterocycles. The molecule has 178 valence electrons. The van der Waals surface area contributed by atoms with E-state index in [2.05, 4.69) is 5.32 Å². The number of benzene rings is 2. The second-order valence-electron chi connectivity index (χ2n) is 7.86. The highest BCUT2D eigenvalue weighted by molar-refractivity contribution is 7.89. The number of sulfonamides is 1. The summed E-state index contributed by atoms with van der Waals surface area (Å²) in [5.41, 5.74) is 1.51. The van der Waals surface area contributed by atoms with Crippen LogP contribution >= 0.6 is 0 Å². The summed E-state index contributed by atoms with van der Waals surface area (Å²) in [6.07, 6.45) is -0.715. The Morgan fingerprint density at radius 2 is 1.79 bits per heavy atom. The van der Waals surface area contributed by atoms with Crippen molar-refractivity contribution in [3.8, 4) is 5.75 Å². The van der Waals surface area contributed by atoms with Crippen molar-refractivity contribution in [1.82, 2.24) is 4.31 Å². The third-order valence-electron chi connectivity index (χ3n) is 5.44. The highest BCUT2D eigenvalue weighted by atomic mass is 32.2. The Labute approximate surface area is 195 Å². The Morgan fingerprint density at radius 3 is 2.42 bits per heavy atom. The fourth-order valence-electron chi connectivity index (χ4n) is 3.73. The maximum Gasteiger partial charge on any atom is 0.268 e. The van der Waals surface area contributed by atoms with Crippen LogP contribution in [-0.2, 0) is 19.6 Å². The molecule has 1 aliphatic rings. The molecular formula is C23H30N4O5S. The molecule has 2 aromatic carbocycles. The number of anilines is 3. The van der Waals surface area contributed by atoms with Gasteiger partial charge in [-0.3, -0.25) is 14.5 Å². The van der Waals surface area contributed by atoms with E-state index < -0.39 is 22.0 Å². The lowest BCUT2D eigenvalue weighted by Crippen LogP contribution is -2.47. The second kappa shape index (κ2) is 9.80. The highest BCUT2D eigenvalue weighted by Gasteiger charge is 2.32. The zero-order valence-corrected chi connectivity index (χ0v) is 20.3. The summed E-state index contributed by atoms with van der Waals surface area (Å²) in [7, 11) is -0.106. The van der Waals surface area contributed by atoms with Gasteiger partial charge in [0, 0.05) is 27.2 Å². The molecule has 0 fully saturated rings. The predicted octanol–water partition coefficient (Wildman–Crippen LogP) is 2.54. The molecule has 0 bridgehead atoms. The molecule has 0 radical (unpaired) electrons. The Bertz CT molecular complexity index is 1150. The molecule has 0 aliphatic carbocycles. The molecular weight excluding hydrogens is 444 g/mol. The zero-order valence-electron chi connectivity index (χ0n) is 19.5. The fourth-order valence-corrected chi connectivity index (χ4v) is 5.22. The summed E-state index contributed by atoms with van der Waals surface area (Å²) in [4.78, 5) is 29.0. The molecule has 10 heteroatoms. The van der Waals surface area contributed by atoms with Crippen molar-refractivity contribution in [1.29, 1.82) is 0 Å². The summed E-state index contributed by atoms with van der Waals surface area (Å²) in [5, 5.41) is 2.79. The van der Waals surface area contributed by atoms with Crippen LogP contribution in [0.2, 0.25) is 0 Å². The lowest BCUT2D eigenvalue weighted by atomic mass is 10.2. The molecule has 1 atom stereocenters. The summed E-state index contributed by atoms with van der Waals surface area (Å²) in [6.45, 7) is 5.63. The van der Waals surface area contributed by atoms with Crippen LogP contribution < -0.4 is 19.9 Å². The number of nitrogens with one attached hydrogen (secondary N) is 1. The number of para-hydroxylation sites is 2. The quantitative estimate of drug-likeness (QED) is 0.631. The van der Waals surface area contributed by atoms with Gasteiger partial charge in [-0.15, -0.1) is 0 Å². The Balaban J connectivity index is 1.91. The SMILES string of the molecule is CCN(CC)S(=O)(=O)c1ccc(N(C)C)c(NC(=O)CN2C(=O)C(C)Oc3ccccc32)c1. The van der Waals surface area contributed by atoms with Crippen LogP contribution in [-0.4, -0.2) is 64.4 Å². The topological polar surface area (TPSA) is 99.3 Å². The molecule has 9 nitrogen and oxygen atoms in total. The first kappa shape index (κ1) is 24.5. The van der Waals surface area contributed by atoms with E-state index in [0.29, 0.717) is 35.9 Å².